The van der Waals surface area contributed by atoms with E-state index in [-0.39, 0.29) is 23.7 Å². The van der Waals surface area contributed by atoms with E-state index < -0.39 is 25.0 Å². The molecule has 3 amide bonds. The molecule has 2 aromatic rings. The summed E-state index contributed by atoms with van der Waals surface area (Å²) in [6, 6.07) is 12.7. The maximum absolute atomic E-state index is 13.2. The Kier molecular flexibility index (Phi) is 5.88. The molecular formula is C24H21ClN2O5S. The average Bonchev–Trinajstić information content (AvgIpc) is 3.06. The zero-order chi connectivity index (χ0) is 23.1. The summed E-state index contributed by atoms with van der Waals surface area (Å²) < 4.78 is 5.21. The number of carbonyl (C=O) groups is 4. The van der Waals surface area contributed by atoms with Crippen LogP contribution in [-0.2, 0) is 23.9 Å². The van der Waals surface area contributed by atoms with Crippen molar-refractivity contribution in [1.82, 2.24) is 4.90 Å². The van der Waals surface area contributed by atoms with Gasteiger partial charge in [0.1, 0.15) is 6.54 Å². The molecule has 33 heavy (non-hydrogen) atoms. The monoisotopic (exact) mass is 484 g/mol. The molecule has 3 aliphatic rings. The van der Waals surface area contributed by atoms with Gasteiger partial charge in [-0.15, -0.1) is 0 Å². The van der Waals surface area contributed by atoms with Gasteiger partial charge in [0, 0.05) is 14.8 Å². The van der Waals surface area contributed by atoms with Gasteiger partial charge in [-0.2, -0.15) is 0 Å². The van der Waals surface area contributed by atoms with Crippen molar-refractivity contribution in [2.24, 2.45) is 11.8 Å². The SMILES string of the molecule is O=C(CN1C(=O)C2CCCCC2C1=O)OCC(=O)N1c2ccccc2Sc2ccc(Cl)cc21. The van der Waals surface area contributed by atoms with Crippen molar-refractivity contribution in [2.75, 3.05) is 18.1 Å². The summed E-state index contributed by atoms with van der Waals surface area (Å²) in [4.78, 5) is 55.0. The van der Waals surface area contributed by atoms with E-state index in [1.807, 2.05) is 30.3 Å². The van der Waals surface area contributed by atoms with Crippen molar-refractivity contribution in [3.8, 4) is 0 Å². The second-order valence-electron chi connectivity index (χ2n) is 8.33. The van der Waals surface area contributed by atoms with Gasteiger partial charge in [-0.3, -0.25) is 29.0 Å². The summed E-state index contributed by atoms with van der Waals surface area (Å²) >= 11 is 7.70. The first-order valence-corrected chi connectivity index (χ1v) is 12.0. The molecule has 2 atom stereocenters. The molecule has 9 heteroatoms. The summed E-state index contributed by atoms with van der Waals surface area (Å²) in [6.45, 7) is -0.986. The Morgan fingerprint density at radius 1 is 0.970 bits per heavy atom. The minimum atomic E-state index is -0.783. The Morgan fingerprint density at radius 2 is 1.64 bits per heavy atom. The highest BCUT2D eigenvalue weighted by atomic mass is 35.5. The van der Waals surface area contributed by atoms with Crippen LogP contribution in [0.15, 0.2) is 52.3 Å². The number of hydrogen-bond donors (Lipinski definition) is 0. The molecule has 0 spiro atoms. The highest BCUT2D eigenvalue weighted by molar-refractivity contribution is 7.99. The lowest BCUT2D eigenvalue weighted by Gasteiger charge is -2.31. The minimum Gasteiger partial charge on any atom is -0.454 e. The topological polar surface area (TPSA) is 84.0 Å². The molecule has 170 valence electrons. The van der Waals surface area contributed by atoms with Gasteiger partial charge in [-0.05, 0) is 43.2 Å². The van der Waals surface area contributed by atoms with E-state index in [0.29, 0.717) is 29.2 Å². The van der Waals surface area contributed by atoms with Crippen LogP contribution in [0.4, 0.5) is 11.4 Å². The average molecular weight is 485 g/mol. The summed E-state index contributed by atoms with van der Waals surface area (Å²) in [5.41, 5.74) is 1.29. The number of likely N-dealkylation sites (tertiary alicyclic amines) is 1. The molecule has 2 aromatic carbocycles. The molecule has 0 N–H and O–H groups in total. The molecule has 1 aliphatic carbocycles. The van der Waals surface area contributed by atoms with Crippen molar-refractivity contribution >= 4 is 58.4 Å². The molecule has 0 aromatic heterocycles. The zero-order valence-corrected chi connectivity index (χ0v) is 19.2. The van der Waals surface area contributed by atoms with Crippen LogP contribution in [0.1, 0.15) is 25.7 Å². The van der Waals surface area contributed by atoms with Crippen molar-refractivity contribution < 1.29 is 23.9 Å². The number of nitrogens with zero attached hydrogens (tertiary/aromatic N) is 2. The predicted molar refractivity (Wildman–Crippen MR) is 122 cm³/mol. The second-order valence-corrected chi connectivity index (χ2v) is 9.85. The van der Waals surface area contributed by atoms with Crippen molar-refractivity contribution in [3.63, 3.8) is 0 Å². The van der Waals surface area contributed by atoms with Crippen LogP contribution in [-0.4, -0.2) is 41.7 Å². The third-order valence-electron chi connectivity index (χ3n) is 6.31. The number of esters is 1. The maximum Gasteiger partial charge on any atom is 0.326 e. The molecule has 2 aliphatic heterocycles. The van der Waals surface area contributed by atoms with Gasteiger partial charge in [-0.25, -0.2) is 0 Å². The van der Waals surface area contributed by atoms with Gasteiger partial charge in [-0.1, -0.05) is 48.3 Å². The molecule has 0 bridgehead atoms. The molecule has 2 heterocycles. The number of ether oxygens (including phenoxy) is 1. The molecule has 1 saturated carbocycles. The quantitative estimate of drug-likeness (QED) is 0.478. The van der Waals surface area contributed by atoms with E-state index in [2.05, 4.69) is 0 Å². The Hall–Kier alpha value is -2.84. The van der Waals surface area contributed by atoms with Crippen molar-refractivity contribution in [1.29, 1.82) is 0 Å². The Morgan fingerprint density at radius 3 is 2.36 bits per heavy atom. The zero-order valence-electron chi connectivity index (χ0n) is 17.7. The Labute approximate surface area is 200 Å². The first-order valence-electron chi connectivity index (χ1n) is 10.8. The Balaban J connectivity index is 1.29. The van der Waals surface area contributed by atoms with Crippen LogP contribution in [0.3, 0.4) is 0 Å². The number of carbonyl (C=O) groups excluding carboxylic acids is 4. The normalized spacial score (nSPS) is 21.4. The summed E-state index contributed by atoms with van der Waals surface area (Å²) in [5, 5.41) is 0.482. The van der Waals surface area contributed by atoms with Crippen LogP contribution in [0.5, 0.6) is 0 Å². The van der Waals surface area contributed by atoms with E-state index in [9.17, 15) is 19.2 Å². The maximum atomic E-state index is 13.2. The minimum absolute atomic E-state index is 0.307. The van der Waals surface area contributed by atoms with Gasteiger partial charge in [0.25, 0.3) is 5.91 Å². The lowest BCUT2D eigenvalue weighted by molar-refractivity contribution is -0.154. The van der Waals surface area contributed by atoms with Gasteiger partial charge < -0.3 is 4.74 Å². The fourth-order valence-electron chi connectivity index (χ4n) is 4.77. The number of halogens is 1. The van der Waals surface area contributed by atoms with Gasteiger partial charge in [0.05, 0.1) is 23.2 Å². The highest BCUT2D eigenvalue weighted by Crippen LogP contribution is 2.48. The summed E-state index contributed by atoms with van der Waals surface area (Å²) in [5.74, 6) is -2.51. The Bertz CT molecular complexity index is 1150. The lowest BCUT2D eigenvalue weighted by Crippen LogP contribution is -2.38. The van der Waals surface area contributed by atoms with E-state index in [0.717, 1.165) is 27.5 Å². The van der Waals surface area contributed by atoms with E-state index in [1.165, 1.54) is 16.7 Å². The van der Waals surface area contributed by atoms with Crippen LogP contribution >= 0.6 is 23.4 Å². The number of para-hydroxylation sites is 1. The molecule has 7 nitrogen and oxygen atoms in total. The number of hydrogen-bond acceptors (Lipinski definition) is 6. The lowest BCUT2D eigenvalue weighted by atomic mass is 9.81. The third kappa shape index (κ3) is 4.02. The number of amides is 3. The summed E-state index contributed by atoms with van der Waals surface area (Å²) in [6.07, 6.45) is 3.17. The first-order chi connectivity index (χ1) is 15.9. The summed E-state index contributed by atoms with van der Waals surface area (Å²) in [7, 11) is 0. The number of imide groups is 1. The van der Waals surface area contributed by atoms with Crippen molar-refractivity contribution in [2.45, 2.75) is 35.5 Å². The molecule has 0 radical (unpaired) electrons. The molecule has 5 rings (SSSR count). The number of benzene rings is 2. The van der Waals surface area contributed by atoms with Gasteiger partial charge in [0.2, 0.25) is 11.8 Å². The molecule has 2 unspecified atom stereocenters. The molecular weight excluding hydrogens is 464 g/mol. The van der Waals surface area contributed by atoms with Crippen molar-refractivity contribution in [3.05, 3.63) is 47.5 Å². The van der Waals surface area contributed by atoms with Gasteiger partial charge >= 0.3 is 5.97 Å². The van der Waals surface area contributed by atoms with Crippen LogP contribution in [0.25, 0.3) is 0 Å². The largest absolute Gasteiger partial charge is 0.454 e. The standard InChI is InChI=1S/C24H21ClN2O5S/c25-14-9-10-20-18(11-14)27(17-7-3-4-8-19(17)33-20)21(28)13-32-22(29)12-26-23(30)15-5-1-2-6-16(15)24(26)31/h3-4,7-11,15-16H,1-2,5-6,12-13H2. The second kappa shape index (κ2) is 8.83. The van der Waals surface area contributed by atoms with Gasteiger partial charge in [0.15, 0.2) is 6.61 Å². The predicted octanol–water partition coefficient (Wildman–Crippen LogP) is 4.19. The smallest absolute Gasteiger partial charge is 0.326 e. The highest BCUT2D eigenvalue weighted by Gasteiger charge is 2.48. The number of anilines is 2. The third-order valence-corrected chi connectivity index (χ3v) is 7.68. The fraction of sp³-hybridized carbons (Fsp3) is 0.333. The van der Waals surface area contributed by atoms with Crippen LogP contribution in [0, 0.1) is 11.8 Å². The fourth-order valence-corrected chi connectivity index (χ4v) is 5.97. The number of rotatable bonds is 4. The van der Waals surface area contributed by atoms with E-state index in [1.54, 1.807) is 12.1 Å². The van der Waals surface area contributed by atoms with E-state index >= 15 is 0 Å². The molecule has 2 fully saturated rings. The van der Waals surface area contributed by atoms with Crippen LogP contribution in [0.2, 0.25) is 5.02 Å². The van der Waals surface area contributed by atoms with E-state index in [4.69, 9.17) is 16.3 Å². The molecule has 1 saturated heterocycles. The first kappa shape index (κ1) is 22.0. The van der Waals surface area contributed by atoms with Crippen LogP contribution < -0.4 is 4.90 Å². The number of fused-ring (bicyclic) bond motifs is 3.